The Labute approximate surface area is 174 Å². The van der Waals surface area contributed by atoms with Crippen molar-refractivity contribution in [1.29, 1.82) is 0 Å². The predicted molar refractivity (Wildman–Crippen MR) is 109 cm³/mol. The van der Waals surface area contributed by atoms with E-state index in [2.05, 4.69) is 6.07 Å². The molecular weight excluding hydrogens is 382 g/mol. The second kappa shape index (κ2) is 7.57. The number of imide groups is 1. The molecule has 3 aliphatic rings. The van der Waals surface area contributed by atoms with Gasteiger partial charge in [-0.15, -0.1) is 0 Å². The summed E-state index contributed by atoms with van der Waals surface area (Å²) in [6.45, 7) is 2.87. The number of hydrogen-bond donors (Lipinski definition) is 0. The van der Waals surface area contributed by atoms with Gasteiger partial charge in [-0.05, 0) is 29.7 Å². The molecule has 7 nitrogen and oxygen atoms in total. The lowest BCUT2D eigenvalue weighted by atomic mass is 9.92. The number of carbonyl (C=O) groups is 3. The third-order valence-corrected chi connectivity index (χ3v) is 6.17. The van der Waals surface area contributed by atoms with E-state index >= 15 is 0 Å². The number of urea groups is 1. The lowest BCUT2D eigenvalue weighted by Gasteiger charge is -2.42. The highest BCUT2D eigenvalue weighted by Crippen LogP contribution is 2.34. The first-order valence-electron chi connectivity index (χ1n) is 10.3. The van der Waals surface area contributed by atoms with E-state index < -0.39 is 0 Å². The molecule has 2 aromatic rings. The van der Waals surface area contributed by atoms with Gasteiger partial charge in [0.25, 0.3) is 11.8 Å². The minimum atomic E-state index is -0.368. The van der Waals surface area contributed by atoms with Gasteiger partial charge in [0.1, 0.15) is 0 Å². The Morgan fingerprint density at radius 1 is 0.900 bits per heavy atom. The molecule has 3 aliphatic heterocycles. The van der Waals surface area contributed by atoms with Gasteiger partial charge in [-0.3, -0.25) is 14.5 Å². The summed E-state index contributed by atoms with van der Waals surface area (Å²) >= 11 is 0. The topological polar surface area (TPSA) is 70.2 Å². The van der Waals surface area contributed by atoms with Gasteiger partial charge in [-0.1, -0.05) is 36.4 Å². The molecule has 1 saturated heterocycles. The maximum atomic E-state index is 13.3. The molecule has 5 rings (SSSR count). The second-order valence-electron chi connectivity index (χ2n) is 7.81. The number of ether oxygens (including phenoxy) is 1. The Balaban J connectivity index is 1.47. The number of fused-ring (bicyclic) bond motifs is 2. The molecule has 0 bridgehead atoms. The molecule has 0 N–H and O–H groups in total. The zero-order valence-electron chi connectivity index (χ0n) is 16.6. The summed E-state index contributed by atoms with van der Waals surface area (Å²) in [5, 5.41) is 0. The number of hydrogen-bond acceptors (Lipinski definition) is 4. The van der Waals surface area contributed by atoms with Crippen LogP contribution in [0.2, 0.25) is 0 Å². The van der Waals surface area contributed by atoms with Crippen LogP contribution in [-0.4, -0.2) is 71.9 Å². The van der Waals surface area contributed by atoms with Gasteiger partial charge in [0, 0.05) is 19.6 Å². The Morgan fingerprint density at radius 3 is 2.23 bits per heavy atom. The molecule has 154 valence electrons. The molecule has 0 unspecified atom stereocenters. The minimum Gasteiger partial charge on any atom is -0.378 e. The van der Waals surface area contributed by atoms with Gasteiger partial charge in [0.2, 0.25) is 0 Å². The lowest BCUT2D eigenvalue weighted by Crippen LogP contribution is -2.53. The highest BCUT2D eigenvalue weighted by Gasteiger charge is 2.41. The van der Waals surface area contributed by atoms with Crippen LogP contribution in [0.5, 0.6) is 0 Å². The van der Waals surface area contributed by atoms with Crippen LogP contribution in [0.1, 0.15) is 37.9 Å². The van der Waals surface area contributed by atoms with Gasteiger partial charge in [-0.2, -0.15) is 0 Å². The van der Waals surface area contributed by atoms with E-state index in [-0.39, 0.29) is 30.4 Å². The van der Waals surface area contributed by atoms with Gasteiger partial charge >= 0.3 is 6.03 Å². The number of benzene rings is 2. The first kappa shape index (κ1) is 18.8. The van der Waals surface area contributed by atoms with Crippen molar-refractivity contribution in [3.63, 3.8) is 0 Å². The fourth-order valence-electron chi connectivity index (χ4n) is 4.59. The van der Waals surface area contributed by atoms with Gasteiger partial charge in [-0.25, -0.2) is 4.79 Å². The van der Waals surface area contributed by atoms with Crippen LogP contribution in [0, 0.1) is 0 Å². The third-order valence-electron chi connectivity index (χ3n) is 6.17. The number of amides is 4. The number of rotatable bonds is 2. The smallest absolute Gasteiger partial charge is 0.320 e. The standard InChI is InChI=1S/C23H23N3O4/c27-21-18-7-3-4-8-19(18)22(28)26(21)15-20-17-6-2-1-5-16(17)9-10-25(20)23(29)24-11-13-30-14-12-24/h1-8,20H,9-15H2/t20-/m0/s1. The molecule has 1 fully saturated rings. The Hall–Kier alpha value is -3.19. The largest absolute Gasteiger partial charge is 0.378 e. The van der Waals surface area contributed by atoms with E-state index in [1.54, 1.807) is 29.2 Å². The molecule has 0 aliphatic carbocycles. The van der Waals surface area contributed by atoms with E-state index in [1.807, 2.05) is 23.1 Å². The molecule has 0 saturated carbocycles. The van der Waals surface area contributed by atoms with Crippen LogP contribution in [0.25, 0.3) is 0 Å². The van der Waals surface area contributed by atoms with E-state index in [1.165, 1.54) is 4.90 Å². The summed E-state index contributed by atoms with van der Waals surface area (Å²) in [7, 11) is 0. The number of morpholine rings is 1. The normalized spacial score (nSPS) is 20.9. The highest BCUT2D eigenvalue weighted by molar-refractivity contribution is 6.21. The Kier molecular flexibility index (Phi) is 4.75. The van der Waals surface area contributed by atoms with E-state index in [9.17, 15) is 14.4 Å². The molecule has 7 heteroatoms. The first-order valence-corrected chi connectivity index (χ1v) is 10.3. The van der Waals surface area contributed by atoms with Gasteiger partial charge in [0.05, 0.1) is 36.9 Å². The van der Waals surface area contributed by atoms with E-state index in [0.717, 1.165) is 17.5 Å². The molecule has 4 amide bonds. The summed E-state index contributed by atoms with van der Waals surface area (Å²) in [5.74, 6) is -0.588. The zero-order chi connectivity index (χ0) is 20.7. The third kappa shape index (κ3) is 3.06. The van der Waals surface area contributed by atoms with Crippen molar-refractivity contribution in [2.45, 2.75) is 12.5 Å². The van der Waals surface area contributed by atoms with Crippen LogP contribution in [0.15, 0.2) is 48.5 Å². The number of nitrogens with zero attached hydrogens (tertiary/aromatic N) is 3. The molecule has 1 atom stereocenters. The van der Waals surface area contributed by atoms with Crippen LogP contribution in [0.3, 0.4) is 0 Å². The molecule has 0 spiro atoms. The van der Waals surface area contributed by atoms with Gasteiger partial charge < -0.3 is 14.5 Å². The summed E-state index contributed by atoms with van der Waals surface area (Å²) in [5.41, 5.74) is 3.02. The zero-order valence-corrected chi connectivity index (χ0v) is 16.6. The maximum absolute atomic E-state index is 13.3. The van der Waals surface area contributed by atoms with Crippen molar-refractivity contribution < 1.29 is 19.1 Å². The first-order chi connectivity index (χ1) is 14.6. The monoisotopic (exact) mass is 405 g/mol. The molecular formula is C23H23N3O4. The quantitative estimate of drug-likeness (QED) is 0.719. The van der Waals surface area contributed by atoms with Crippen molar-refractivity contribution >= 4 is 17.8 Å². The second-order valence-corrected chi connectivity index (χ2v) is 7.81. The summed E-state index contributed by atoms with van der Waals surface area (Å²) < 4.78 is 5.38. The summed E-state index contributed by atoms with van der Waals surface area (Å²) in [6, 6.07) is 14.4. The average Bonchev–Trinajstić information content (AvgIpc) is 3.04. The molecule has 2 aromatic carbocycles. The van der Waals surface area contributed by atoms with Gasteiger partial charge in [0.15, 0.2) is 0 Å². The minimum absolute atomic E-state index is 0.0607. The SMILES string of the molecule is O=C1c2ccccc2C(=O)N1C[C@H]1c2ccccc2CCN1C(=O)N1CCOCC1. The Bertz CT molecular complexity index is 980. The number of carbonyl (C=O) groups excluding carboxylic acids is 3. The van der Waals surface area contributed by atoms with Crippen molar-refractivity contribution in [1.82, 2.24) is 14.7 Å². The molecule has 0 radical (unpaired) electrons. The van der Waals surface area contributed by atoms with Crippen molar-refractivity contribution in [3.8, 4) is 0 Å². The van der Waals surface area contributed by atoms with E-state index in [4.69, 9.17) is 4.74 Å². The molecule has 3 heterocycles. The summed E-state index contributed by atoms with van der Waals surface area (Å²) in [6.07, 6.45) is 0.755. The Morgan fingerprint density at radius 2 is 1.53 bits per heavy atom. The summed E-state index contributed by atoms with van der Waals surface area (Å²) in [4.78, 5) is 44.1. The van der Waals surface area contributed by atoms with Crippen LogP contribution in [-0.2, 0) is 11.2 Å². The fourth-order valence-corrected chi connectivity index (χ4v) is 4.59. The average molecular weight is 405 g/mol. The molecule has 30 heavy (non-hydrogen) atoms. The maximum Gasteiger partial charge on any atom is 0.320 e. The fraction of sp³-hybridized carbons (Fsp3) is 0.348. The van der Waals surface area contributed by atoms with Crippen molar-refractivity contribution in [3.05, 3.63) is 70.8 Å². The van der Waals surface area contributed by atoms with E-state index in [0.29, 0.717) is 44.0 Å². The van der Waals surface area contributed by atoms with Crippen LogP contribution in [0.4, 0.5) is 4.79 Å². The lowest BCUT2D eigenvalue weighted by molar-refractivity contribution is 0.0343. The van der Waals surface area contributed by atoms with Crippen LogP contribution < -0.4 is 0 Å². The highest BCUT2D eigenvalue weighted by atomic mass is 16.5. The predicted octanol–water partition coefficient (Wildman–Crippen LogP) is 2.33. The van der Waals surface area contributed by atoms with Crippen molar-refractivity contribution in [2.75, 3.05) is 39.4 Å². The van der Waals surface area contributed by atoms with Crippen LogP contribution >= 0.6 is 0 Å². The van der Waals surface area contributed by atoms with Crippen molar-refractivity contribution in [2.24, 2.45) is 0 Å². The molecule has 0 aromatic heterocycles.